The van der Waals surface area contributed by atoms with Crippen LogP contribution in [0.15, 0.2) is 40.8 Å². The molecule has 148 valence electrons. The summed E-state index contributed by atoms with van der Waals surface area (Å²) < 4.78 is 10.2. The highest BCUT2D eigenvalue weighted by Gasteiger charge is 2.26. The van der Waals surface area contributed by atoms with Crippen molar-refractivity contribution in [3.05, 3.63) is 59.0 Å². The molecular formula is C21H24N2O5. The van der Waals surface area contributed by atoms with Crippen molar-refractivity contribution in [2.45, 2.75) is 25.6 Å². The van der Waals surface area contributed by atoms with Crippen LogP contribution in [0.4, 0.5) is 0 Å². The van der Waals surface area contributed by atoms with Gasteiger partial charge in [0.2, 0.25) is 0 Å². The van der Waals surface area contributed by atoms with Crippen molar-refractivity contribution in [1.29, 1.82) is 0 Å². The molecule has 7 heteroatoms. The summed E-state index contributed by atoms with van der Waals surface area (Å²) >= 11 is 0. The molecule has 0 aliphatic heterocycles. The third kappa shape index (κ3) is 5.98. The number of hydrogen-bond donors (Lipinski definition) is 2. The van der Waals surface area contributed by atoms with E-state index in [-0.39, 0.29) is 0 Å². The number of rotatable bonds is 6. The van der Waals surface area contributed by atoms with E-state index in [0.717, 1.165) is 5.76 Å². The number of amides is 1. The van der Waals surface area contributed by atoms with Crippen LogP contribution in [0.1, 0.15) is 34.4 Å². The Kier molecular flexibility index (Phi) is 7.38. The Bertz CT molecular complexity index is 872. The van der Waals surface area contributed by atoms with Crippen molar-refractivity contribution in [3.63, 3.8) is 0 Å². The topological polar surface area (TPSA) is 92.0 Å². The second-order valence-electron chi connectivity index (χ2n) is 6.55. The van der Waals surface area contributed by atoms with Gasteiger partial charge in [-0.05, 0) is 63.3 Å². The molecule has 2 rings (SSSR count). The van der Waals surface area contributed by atoms with Crippen molar-refractivity contribution in [2.24, 2.45) is 0 Å². The summed E-state index contributed by atoms with van der Waals surface area (Å²) in [6.45, 7) is 2.10. The summed E-state index contributed by atoms with van der Waals surface area (Å²) in [5.74, 6) is 6.12. The molecule has 0 aliphatic rings. The van der Waals surface area contributed by atoms with Gasteiger partial charge in [-0.15, -0.1) is 0 Å². The Labute approximate surface area is 164 Å². The molecule has 2 aromatic rings. The molecular weight excluding hydrogens is 360 g/mol. The van der Waals surface area contributed by atoms with Crippen LogP contribution in [0, 0.1) is 11.8 Å². The molecule has 0 unspecified atom stereocenters. The van der Waals surface area contributed by atoms with Gasteiger partial charge in [-0.1, -0.05) is 5.92 Å². The number of furan rings is 1. The van der Waals surface area contributed by atoms with Gasteiger partial charge in [0.05, 0.1) is 19.8 Å². The minimum atomic E-state index is -1.13. The van der Waals surface area contributed by atoms with Gasteiger partial charge in [-0.3, -0.25) is 4.79 Å². The monoisotopic (exact) mass is 384 g/mol. The number of ether oxygens (including phenoxy) is 1. The minimum Gasteiger partial charge on any atom is -0.467 e. The molecule has 0 radical (unpaired) electrons. The lowest BCUT2D eigenvalue weighted by Crippen LogP contribution is -2.48. The fourth-order valence-corrected chi connectivity index (χ4v) is 2.41. The van der Waals surface area contributed by atoms with E-state index in [2.05, 4.69) is 21.9 Å². The summed E-state index contributed by atoms with van der Waals surface area (Å²) in [4.78, 5) is 25.9. The molecule has 1 aromatic heterocycles. The number of carbonyl (C=O) groups excluding carboxylic acids is 2. The molecule has 28 heavy (non-hydrogen) atoms. The van der Waals surface area contributed by atoms with Gasteiger partial charge < -0.3 is 24.5 Å². The molecule has 0 aliphatic carbocycles. The lowest BCUT2D eigenvalue weighted by molar-refractivity contribution is -0.145. The maximum Gasteiger partial charge on any atom is 0.331 e. The fraction of sp³-hybridized carbons (Fsp3) is 0.333. The Morgan fingerprint density at radius 2 is 1.86 bits per heavy atom. The predicted molar refractivity (Wildman–Crippen MR) is 103 cm³/mol. The summed E-state index contributed by atoms with van der Waals surface area (Å²) in [6.07, 6.45) is -1.08. The van der Waals surface area contributed by atoms with Gasteiger partial charge in [0.15, 0.2) is 11.8 Å². The summed E-state index contributed by atoms with van der Waals surface area (Å²) in [5.41, 5.74) is 1.05. The van der Waals surface area contributed by atoms with Gasteiger partial charge in [-0.25, -0.2) is 4.79 Å². The highest BCUT2D eigenvalue weighted by Crippen LogP contribution is 2.09. The standard InChI is InChI=1S/C21H24N2O5/c1-14(24)19(21(26)27-4)22-20(25)16-8-5-15(6-9-16)7-10-17-11-12-18(28-17)13-23(2)3/h5-6,8-9,11-12,14,19,24H,13H2,1-4H3,(H,22,25)/t14-,19+/m1/s1. The van der Waals surface area contributed by atoms with Gasteiger partial charge >= 0.3 is 5.97 Å². The number of esters is 1. The molecule has 0 bridgehead atoms. The molecule has 0 saturated carbocycles. The van der Waals surface area contributed by atoms with Crippen LogP contribution < -0.4 is 5.32 Å². The smallest absolute Gasteiger partial charge is 0.331 e. The number of benzene rings is 1. The fourth-order valence-electron chi connectivity index (χ4n) is 2.41. The van der Waals surface area contributed by atoms with E-state index >= 15 is 0 Å². The van der Waals surface area contributed by atoms with Crippen LogP contribution in [0.2, 0.25) is 0 Å². The number of nitrogens with zero attached hydrogens (tertiary/aromatic N) is 1. The summed E-state index contributed by atoms with van der Waals surface area (Å²) in [6, 6.07) is 9.15. The first-order valence-corrected chi connectivity index (χ1v) is 8.72. The Balaban J connectivity index is 2.04. The highest BCUT2D eigenvalue weighted by molar-refractivity contribution is 5.97. The molecule has 0 spiro atoms. The highest BCUT2D eigenvalue weighted by atomic mass is 16.5. The molecule has 0 saturated heterocycles. The zero-order chi connectivity index (χ0) is 20.7. The van der Waals surface area contributed by atoms with E-state index in [1.807, 2.05) is 31.1 Å². The number of carbonyl (C=O) groups is 2. The number of aliphatic hydroxyl groups excluding tert-OH is 1. The zero-order valence-electron chi connectivity index (χ0n) is 16.4. The third-order valence-electron chi connectivity index (χ3n) is 3.83. The van der Waals surface area contributed by atoms with Crippen LogP contribution >= 0.6 is 0 Å². The van der Waals surface area contributed by atoms with Gasteiger partial charge in [0.25, 0.3) is 5.91 Å². The van der Waals surface area contributed by atoms with E-state index in [1.165, 1.54) is 14.0 Å². The second-order valence-corrected chi connectivity index (χ2v) is 6.55. The SMILES string of the molecule is COC(=O)[C@@H](NC(=O)c1ccc(C#Cc2ccc(CN(C)C)o2)cc1)[C@@H](C)O. The van der Waals surface area contributed by atoms with Gasteiger partial charge in [0, 0.05) is 11.1 Å². The first-order chi connectivity index (χ1) is 13.3. The molecule has 0 fully saturated rings. The minimum absolute atomic E-state index is 0.339. The number of nitrogens with one attached hydrogen (secondary N) is 1. The van der Waals surface area contributed by atoms with Crippen LogP contribution in [-0.2, 0) is 16.1 Å². The maximum atomic E-state index is 12.3. The Hall–Kier alpha value is -3.08. The average Bonchev–Trinajstić information content (AvgIpc) is 3.10. The summed E-state index contributed by atoms with van der Waals surface area (Å²) in [5, 5.41) is 12.1. The predicted octanol–water partition coefficient (Wildman–Crippen LogP) is 1.39. The molecule has 1 heterocycles. The Morgan fingerprint density at radius 1 is 1.18 bits per heavy atom. The van der Waals surface area contributed by atoms with Gasteiger partial charge in [-0.2, -0.15) is 0 Å². The maximum absolute atomic E-state index is 12.3. The first kappa shape index (κ1) is 21.2. The van der Waals surface area contributed by atoms with Crippen molar-refractivity contribution in [1.82, 2.24) is 10.2 Å². The van der Waals surface area contributed by atoms with Crippen molar-refractivity contribution < 1.29 is 23.8 Å². The second kappa shape index (κ2) is 9.74. The largest absolute Gasteiger partial charge is 0.467 e. The van der Waals surface area contributed by atoms with E-state index in [9.17, 15) is 14.7 Å². The number of aliphatic hydroxyl groups is 1. The lowest BCUT2D eigenvalue weighted by atomic mass is 10.1. The van der Waals surface area contributed by atoms with E-state index in [0.29, 0.717) is 23.4 Å². The third-order valence-corrected chi connectivity index (χ3v) is 3.83. The molecule has 2 atom stereocenters. The van der Waals surface area contributed by atoms with E-state index in [1.54, 1.807) is 24.3 Å². The van der Waals surface area contributed by atoms with Crippen LogP contribution in [0.5, 0.6) is 0 Å². The van der Waals surface area contributed by atoms with Crippen molar-refractivity contribution >= 4 is 11.9 Å². The lowest BCUT2D eigenvalue weighted by Gasteiger charge is -2.18. The number of hydrogen-bond acceptors (Lipinski definition) is 6. The normalized spacial score (nSPS) is 12.6. The van der Waals surface area contributed by atoms with E-state index < -0.39 is 24.0 Å². The van der Waals surface area contributed by atoms with Gasteiger partial charge in [0.1, 0.15) is 5.76 Å². The molecule has 2 N–H and O–H groups in total. The average molecular weight is 384 g/mol. The quantitative estimate of drug-likeness (QED) is 0.578. The first-order valence-electron chi connectivity index (χ1n) is 8.72. The van der Waals surface area contributed by atoms with Crippen LogP contribution in [0.25, 0.3) is 0 Å². The van der Waals surface area contributed by atoms with E-state index in [4.69, 9.17) is 4.42 Å². The molecule has 1 aromatic carbocycles. The number of methoxy groups -OCH3 is 1. The molecule has 7 nitrogen and oxygen atoms in total. The Morgan fingerprint density at radius 3 is 2.43 bits per heavy atom. The van der Waals surface area contributed by atoms with Crippen molar-refractivity contribution in [3.8, 4) is 11.8 Å². The molecule has 1 amide bonds. The zero-order valence-corrected chi connectivity index (χ0v) is 16.4. The van der Waals surface area contributed by atoms with Crippen LogP contribution in [-0.4, -0.2) is 55.2 Å². The summed E-state index contributed by atoms with van der Waals surface area (Å²) in [7, 11) is 5.11. The van der Waals surface area contributed by atoms with Crippen LogP contribution in [0.3, 0.4) is 0 Å². The van der Waals surface area contributed by atoms with Crippen molar-refractivity contribution in [2.75, 3.05) is 21.2 Å².